The van der Waals surface area contributed by atoms with Gasteiger partial charge in [-0.25, -0.2) is 4.68 Å². The zero-order valence-electron chi connectivity index (χ0n) is 12.1. The number of primary amides is 1. The Morgan fingerprint density at radius 3 is 2.86 bits per heavy atom. The van der Waals surface area contributed by atoms with Crippen molar-refractivity contribution in [2.45, 2.75) is 25.3 Å². The van der Waals surface area contributed by atoms with E-state index in [2.05, 4.69) is 10.4 Å². The normalized spacial score (nSPS) is 20.7. The van der Waals surface area contributed by atoms with E-state index < -0.39 is 0 Å². The van der Waals surface area contributed by atoms with Gasteiger partial charge in [-0.15, -0.1) is 0 Å². The molecule has 3 rings (SSSR count). The Labute approximate surface area is 128 Å². The molecular formula is C16H18N4O2. The second-order valence-corrected chi connectivity index (χ2v) is 5.52. The fraction of sp³-hybridized carbons (Fsp3) is 0.312. The summed E-state index contributed by atoms with van der Waals surface area (Å²) < 4.78 is 1.69. The summed E-state index contributed by atoms with van der Waals surface area (Å²) in [5.41, 5.74) is 6.75. The molecule has 1 aliphatic carbocycles. The minimum absolute atomic E-state index is 0.168. The first kappa shape index (κ1) is 14.3. The lowest BCUT2D eigenvalue weighted by Crippen LogP contribution is -2.42. The van der Waals surface area contributed by atoms with E-state index in [0.717, 1.165) is 24.9 Å². The van der Waals surface area contributed by atoms with Crippen LogP contribution in [0.15, 0.2) is 42.7 Å². The molecule has 0 bridgehead atoms. The smallest absolute Gasteiger partial charge is 0.251 e. The van der Waals surface area contributed by atoms with Crippen LogP contribution in [0.4, 0.5) is 0 Å². The number of amides is 2. The third-order valence-electron chi connectivity index (χ3n) is 4.08. The van der Waals surface area contributed by atoms with Crippen molar-refractivity contribution >= 4 is 11.8 Å². The molecule has 1 heterocycles. The summed E-state index contributed by atoms with van der Waals surface area (Å²) in [4.78, 5) is 23.8. The molecule has 2 amide bonds. The molecule has 2 atom stereocenters. The molecule has 114 valence electrons. The predicted molar refractivity (Wildman–Crippen MR) is 81.4 cm³/mol. The summed E-state index contributed by atoms with van der Waals surface area (Å²) in [7, 11) is 0. The maximum Gasteiger partial charge on any atom is 0.251 e. The fourth-order valence-corrected chi connectivity index (χ4v) is 2.94. The second kappa shape index (κ2) is 6.01. The first-order valence-electron chi connectivity index (χ1n) is 7.35. The van der Waals surface area contributed by atoms with E-state index >= 15 is 0 Å². The van der Waals surface area contributed by atoms with Crippen molar-refractivity contribution in [2.75, 3.05) is 0 Å². The first-order chi connectivity index (χ1) is 10.6. The number of nitrogens with two attached hydrogens (primary N) is 1. The van der Waals surface area contributed by atoms with Crippen molar-refractivity contribution in [3.05, 3.63) is 48.3 Å². The van der Waals surface area contributed by atoms with Crippen molar-refractivity contribution in [3.8, 4) is 5.69 Å². The van der Waals surface area contributed by atoms with Crippen molar-refractivity contribution < 1.29 is 9.59 Å². The highest BCUT2D eigenvalue weighted by molar-refractivity contribution is 5.95. The largest absolute Gasteiger partial charge is 0.369 e. The number of carbonyl (C=O) groups is 2. The van der Waals surface area contributed by atoms with Crippen LogP contribution < -0.4 is 11.1 Å². The molecule has 1 aromatic carbocycles. The zero-order chi connectivity index (χ0) is 15.5. The Kier molecular flexibility index (Phi) is 3.91. The standard InChI is InChI=1S/C16H18N4O2/c17-15(21)13-6-2-7-14(13)19-16(22)11-4-1-5-12(10-11)20-9-3-8-18-20/h1,3-5,8-10,13-14H,2,6-7H2,(H2,17,21)(H,19,22)/t13-,14-/m0/s1. The SMILES string of the molecule is NC(=O)[C@H]1CCC[C@@H]1NC(=O)c1cccc(-n2cccn2)c1. The summed E-state index contributed by atoms with van der Waals surface area (Å²) in [6.45, 7) is 0. The molecule has 22 heavy (non-hydrogen) atoms. The third kappa shape index (κ3) is 2.86. The molecule has 0 spiro atoms. The summed E-state index contributed by atoms with van der Waals surface area (Å²) in [5, 5.41) is 7.08. The zero-order valence-corrected chi connectivity index (χ0v) is 12.1. The number of rotatable bonds is 4. The van der Waals surface area contributed by atoms with E-state index in [-0.39, 0.29) is 23.8 Å². The first-order valence-corrected chi connectivity index (χ1v) is 7.35. The van der Waals surface area contributed by atoms with Gasteiger partial charge in [-0.3, -0.25) is 9.59 Å². The topological polar surface area (TPSA) is 90.0 Å². The molecule has 2 aromatic rings. The van der Waals surface area contributed by atoms with Crippen LogP contribution in [-0.4, -0.2) is 27.6 Å². The number of nitrogens with one attached hydrogen (secondary N) is 1. The molecule has 0 saturated heterocycles. The van der Waals surface area contributed by atoms with Gasteiger partial charge in [-0.05, 0) is 37.1 Å². The molecule has 6 heteroatoms. The van der Waals surface area contributed by atoms with Gasteiger partial charge >= 0.3 is 0 Å². The predicted octanol–water partition coefficient (Wildman–Crippen LogP) is 1.26. The summed E-state index contributed by atoms with van der Waals surface area (Å²) >= 11 is 0. The lowest BCUT2D eigenvalue weighted by atomic mass is 10.0. The van der Waals surface area contributed by atoms with Crippen LogP contribution in [0.2, 0.25) is 0 Å². The quantitative estimate of drug-likeness (QED) is 0.890. The van der Waals surface area contributed by atoms with Gasteiger partial charge in [0, 0.05) is 24.0 Å². The van der Waals surface area contributed by atoms with Crippen molar-refractivity contribution in [2.24, 2.45) is 11.7 Å². The average Bonchev–Trinajstić information content (AvgIpc) is 3.18. The van der Waals surface area contributed by atoms with Crippen LogP contribution >= 0.6 is 0 Å². The highest BCUT2D eigenvalue weighted by atomic mass is 16.2. The minimum Gasteiger partial charge on any atom is -0.369 e. The molecule has 3 N–H and O–H groups in total. The number of benzene rings is 1. The molecule has 6 nitrogen and oxygen atoms in total. The van der Waals surface area contributed by atoms with Gasteiger partial charge in [0.1, 0.15) is 0 Å². The maximum atomic E-state index is 12.4. The highest BCUT2D eigenvalue weighted by Crippen LogP contribution is 2.25. The van der Waals surface area contributed by atoms with E-state index in [4.69, 9.17) is 5.73 Å². The van der Waals surface area contributed by atoms with E-state index in [1.54, 1.807) is 23.0 Å². The molecule has 0 aliphatic heterocycles. The van der Waals surface area contributed by atoms with Gasteiger partial charge in [0.25, 0.3) is 5.91 Å². The Balaban J connectivity index is 1.75. The lowest BCUT2D eigenvalue weighted by molar-refractivity contribution is -0.122. The van der Waals surface area contributed by atoms with Crippen LogP contribution in [0.3, 0.4) is 0 Å². The number of aromatic nitrogens is 2. The Hall–Kier alpha value is -2.63. The molecule has 1 aliphatic rings. The number of hydrogen-bond acceptors (Lipinski definition) is 3. The molecule has 0 unspecified atom stereocenters. The van der Waals surface area contributed by atoms with Gasteiger partial charge in [-0.2, -0.15) is 5.10 Å². The molecular weight excluding hydrogens is 280 g/mol. The third-order valence-corrected chi connectivity index (χ3v) is 4.08. The van der Waals surface area contributed by atoms with Crippen molar-refractivity contribution in [1.82, 2.24) is 15.1 Å². The number of carbonyl (C=O) groups excluding carboxylic acids is 2. The van der Waals surface area contributed by atoms with Crippen LogP contribution in [-0.2, 0) is 4.79 Å². The molecule has 1 fully saturated rings. The summed E-state index contributed by atoms with van der Waals surface area (Å²) in [6, 6.07) is 8.87. The van der Waals surface area contributed by atoms with Gasteiger partial charge in [0.15, 0.2) is 0 Å². The van der Waals surface area contributed by atoms with Crippen LogP contribution in [0.1, 0.15) is 29.6 Å². The van der Waals surface area contributed by atoms with E-state index in [0.29, 0.717) is 5.56 Å². The van der Waals surface area contributed by atoms with Gasteiger partial charge in [-0.1, -0.05) is 12.5 Å². The molecule has 1 saturated carbocycles. The minimum atomic E-state index is -0.340. The van der Waals surface area contributed by atoms with E-state index in [1.165, 1.54) is 0 Å². The van der Waals surface area contributed by atoms with Crippen LogP contribution in [0.5, 0.6) is 0 Å². The van der Waals surface area contributed by atoms with Gasteiger partial charge < -0.3 is 11.1 Å². The van der Waals surface area contributed by atoms with Crippen molar-refractivity contribution in [1.29, 1.82) is 0 Å². The Morgan fingerprint density at radius 2 is 2.14 bits per heavy atom. The molecule has 0 radical (unpaired) electrons. The van der Waals surface area contributed by atoms with E-state index in [1.807, 2.05) is 24.4 Å². The summed E-state index contributed by atoms with van der Waals surface area (Å²) in [6.07, 6.45) is 5.94. The average molecular weight is 298 g/mol. The Morgan fingerprint density at radius 1 is 1.27 bits per heavy atom. The van der Waals surface area contributed by atoms with Gasteiger partial charge in [0.05, 0.1) is 11.6 Å². The molecule has 1 aromatic heterocycles. The van der Waals surface area contributed by atoms with Crippen LogP contribution in [0.25, 0.3) is 5.69 Å². The van der Waals surface area contributed by atoms with Gasteiger partial charge in [0.2, 0.25) is 5.91 Å². The highest BCUT2D eigenvalue weighted by Gasteiger charge is 2.32. The second-order valence-electron chi connectivity index (χ2n) is 5.52. The lowest BCUT2D eigenvalue weighted by Gasteiger charge is -2.18. The maximum absolute atomic E-state index is 12.4. The van der Waals surface area contributed by atoms with E-state index in [9.17, 15) is 9.59 Å². The summed E-state index contributed by atoms with van der Waals surface area (Å²) in [5.74, 6) is -0.793. The van der Waals surface area contributed by atoms with Crippen LogP contribution in [0, 0.1) is 5.92 Å². The Bertz CT molecular complexity index is 681. The monoisotopic (exact) mass is 298 g/mol. The van der Waals surface area contributed by atoms with Crippen molar-refractivity contribution in [3.63, 3.8) is 0 Å². The number of hydrogen-bond donors (Lipinski definition) is 2. The fourth-order valence-electron chi connectivity index (χ4n) is 2.94. The number of nitrogens with zero attached hydrogens (tertiary/aromatic N) is 2.